The number of fused-ring (bicyclic) bond motifs is 1. The molecule has 0 saturated heterocycles. The largest absolute Gasteiger partial charge is 0.491 e. The summed E-state index contributed by atoms with van der Waals surface area (Å²) in [5.74, 6) is 0.726. The van der Waals surface area contributed by atoms with E-state index in [9.17, 15) is 8.42 Å². The molecule has 0 fully saturated rings. The fourth-order valence-electron chi connectivity index (χ4n) is 3.94. The van der Waals surface area contributed by atoms with Crippen LogP contribution in [0.4, 0.5) is 5.82 Å². The van der Waals surface area contributed by atoms with Crippen molar-refractivity contribution in [2.45, 2.75) is 44.1 Å². The van der Waals surface area contributed by atoms with Crippen LogP contribution in [0.5, 0.6) is 11.6 Å². The molecule has 198 valence electrons. The van der Waals surface area contributed by atoms with Crippen LogP contribution < -0.4 is 14.2 Å². The molecular weight excluding hydrogens is 535 g/mol. The smallest absolute Gasteiger partial charge is 0.263 e. The molecule has 0 spiro atoms. The number of anilines is 1. The Hall–Kier alpha value is -2.59. The number of sulfonamides is 1. The average Bonchev–Trinajstić information content (AvgIpc) is 2.85. The minimum atomic E-state index is -3.99. The molecule has 1 N–H and O–H groups in total. The van der Waals surface area contributed by atoms with Gasteiger partial charge in [0.05, 0.1) is 21.3 Å². The summed E-state index contributed by atoms with van der Waals surface area (Å²) < 4.78 is 41.0. The highest BCUT2D eigenvalue weighted by Crippen LogP contribution is 2.31. The van der Waals surface area contributed by atoms with Crippen molar-refractivity contribution in [2.75, 3.05) is 32.0 Å². The zero-order valence-corrected chi connectivity index (χ0v) is 23.4. The molecule has 0 amide bonds. The van der Waals surface area contributed by atoms with Gasteiger partial charge < -0.3 is 14.4 Å². The quantitative estimate of drug-likeness (QED) is 0.357. The van der Waals surface area contributed by atoms with Crippen molar-refractivity contribution in [1.82, 2.24) is 14.9 Å². The number of nitrogens with zero attached hydrogens (tertiary/aromatic N) is 3. The Morgan fingerprint density at radius 1 is 1.00 bits per heavy atom. The van der Waals surface area contributed by atoms with E-state index >= 15 is 0 Å². The second-order valence-corrected chi connectivity index (χ2v) is 11.6. The van der Waals surface area contributed by atoms with E-state index in [0.717, 1.165) is 49.2 Å². The molecule has 0 saturated carbocycles. The number of likely N-dealkylation sites (N-methyl/N-ethyl adjacent to an activating group) is 1. The van der Waals surface area contributed by atoms with E-state index in [1.165, 1.54) is 6.07 Å². The maximum absolute atomic E-state index is 13.3. The summed E-state index contributed by atoms with van der Waals surface area (Å²) in [6.07, 6.45) is 3.48. The van der Waals surface area contributed by atoms with E-state index in [4.69, 9.17) is 32.7 Å². The molecule has 4 rings (SSSR count). The third kappa shape index (κ3) is 6.84. The zero-order chi connectivity index (χ0) is 26.6. The Balaban J connectivity index is 1.60. The molecule has 11 heteroatoms. The summed E-state index contributed by atoms with van der Waals surface area (Å²) in [5.41, 5.74) is 2.85. The van der Waals surface area contributed by atoms with Gasteiger partial charge in [0.25, 0.3) is 15.9 Å². The second kappa shape index (κ2) is 11.9. The Kier molecular flexibility index (Phi) is 8.79. The van der Waals surface area contributed by atoms with Gasteiger partial charge >= 0.3 is 0 Å². The van der Waals surface area contributed by atoms with E-state index in [0.29, 0.717) is 28.0 Å². The van der Waals surface area contributed by atoms with Crippen LogP contribution >= 0.6 is 23.2 Å². The van der Waals surface area contributed by atoms with Crippen LogP contribution in [0, 0.1) is 6.92 Å². The van der Waals surface area contributed by atoms with Gasteiger partial charge in [-0.05, 0) is 82.1 Å². The van der Waals surface area contributed by atoms with Crippen LogP contribution in [0.2, 0.25) is 10.0 Å². The van der Waals surface area contributed by atoms with Crippen molar-refractivity contribution in [3.05, 3.63) is 69.0 Å². The molecule has 1 aliphatic rings. The van der Waals surface area contributed by atoms with E-state index in [2.05, 4.69) is 14.7 Å². The van der Waals surface area contributed by atoms with Gasteiger partial charge in [0.1, 0.15) is 19.0 Å². The molecule has 0 radical (unpaired) electrons. The lowest BCUT2D eigenvalue weighted by Crippen LogP contribution is -2.19. The van der Waals surface area contributed by atoms with E-state index in [1.54, 1.807) is 25.1 Å². The maximum atomic E-state index is 13.3. The summed E-state index contributed by atoms with van der Waals surface area (Å²) in [6, 6.07) is 10.1. The SMILES string of the molecule is Cc1c(Cl)cccc1S(=O)(=O)Nc1nc2c(nc1OCc1ccc(Cl)c(OCCN(C)C)c1)CCCC2. The average molecular weight is 566 g/mol. The van der Waals surface area contributed by atoms with Gasteiger partial charge in [-0.2, -0.15) is 0 Å². The summed E-state index contributed by atoms with van der Waals surface area (Å²) >= 11 is 12.5. The van der Waals surface area contributed by atoms with Crippen molar-refractivity contribution in [3.63, 3.8) is 0 Å². The topological polar surface area (TPSA) is 93.7 Å². The molecular formula is C26H30Cl2N4O4S. The molecule has 0 aliphatic heterocycles. The van der Waals surface area contributed by atoms with E-state index < -0.39 is 10.0 Å². The molecule has 0 bridgehead atoms. The molecule has 8 nitrogen and oxygen atoms in total. The normalized spacial score (nSPS) is 13.4. The van der Waals surface area contributed by atoms with Crippen molar-refractivity contribution >= 4 is 39.0 Å². The van der Waals surface area contributed by atoms with Gasteiger partial charge in [0, 0.05) is 11.6 Å². The van der Waals surface area contributed by atoms with E-state index in [1.807, 2.05) is 31.1 Å². The lowest BCUT2D eigenvalue weighted by Gasteiger charge is -2.19. The molecule has 1 aliphatic carbocycles. The maximum Gasteiger partial charge on any atom is 0.263 e. The number of aromatic nitrogens is 2. The number of hydrogen-bond donors (Lipinski definition) is 1. The zero-order valence-electron chi connectivity index (χ0n) is 21.1. The summed E-state index contributed by atoms with van der Waals surface area (Å²) in [6.45, 7) is 3.02. The number of benzene rings is 2. The molecule has 1 aromatic heterocycles. The van der Waals surface area contributed by atoms with E-state index in [-0.39, 0.29) is 23.2 Å². The van der Waals surface area contributed by atoms with Crippen molar-refractivity contribution in [1.29, 1.82) is 0 Å². The van der Waals surface area contributed by atoms with Gasteiger partial charge in [-0.1, -0.05) is 35.3 Å². The molecule has 37 heavy (non-hydrogen) atoms. The van der Waals surface area contributed by atoms with Gasteiger partial charge in [-0.25, -0.2) is 18.4 Å². The number of ether oxygens (including phenoxy) is 2. The first-order valence-electron chi connectivity index (χ1n) is 12.0. The van der Waals surface area contributed by atoms with Gasteiger partial charge in [0.2, 0.25) is 5.82 Å². The first kappa shape index (κ1) is 27.4. The Bertz CT molecular complexity index is 1380. The highest BCUT2D eigenvalue weighted by atomic mass is 35.5. The fraction of sp³-hybridized carbons (Fsp3) is 0.385. The summed E-state index contributed by atoms with van der Waals surface area (Å²) in [7, 11) is -0.0533. The molecule has 3 aromatic rings. The van der Waals surface area contributed by atoms with Crippen molar-refractivity contribution < 1.29 is 17.9 Å². The highest BCUT2D eigenvalue weighted by Gasteiger charge is 2.24. The van der Waals surface area contributed by atoms with Gasteiger partial charge in [-0.3, -0.25) is 4.72 Å². The van der Waals surface area contributed by atoms with Crippen LogP contribution in [0.3, 0.4) is 0 Å². The standard InChI is InChI=1S/C26H30Cl2N4O4S/c1-17-19(27)7-6-10-24(17)37(33,34)31-25-26(30-22-9-5-4-8-21(22)29-25)36-16-18-11-12-20(28)23(15-18)35-14-13-32(2)3/h6-7,10-12,15H,4-5,8-9,13-14,16H2,1-3H3,(H,29,31). The Morgan fingerprint density at radius 3 is 2.46 bits per heavy atom. The molecule has 0 atom stereocenters. The lowest BCUT2D eigenvalue weighted by atomic mass is 10.0. The summed E-state index contributed by atoms with van der Waals surface area (Å²) in [5, 5.41) is 0.864. The predicted octanol–water partition coefficient (Wildman–Crippen LogP) is 5.29. The minimum absolute atomic E-state index is 0.0523. The number of aryl methyl sites for hydroxylation is 2. The number of hydrogen-bond acceptors (Lipinski definition) is 7. The van der Waals surface area contributed by atoms with Crippen molar-refractivity contribution in [2.24, 2.45) is 0 Å². The van der Waals surface area contributed by atoms with Gasteiger partial charge in [0.15, 0.2) is 0 Å². The van der Waals surface area contributed by atoms with Crippen molar-refractivity contribution in [3.8, 4) is 11.6 Å². The van der Waals surface area contributed by atoms with Gasteiger partial charge in [-0.15, -0.1) is 0 Å². The first-order chi connectivity index (χ1) is 17.6. The Morgan fingerprint density at radius 2 is 1.73 bits per heavy atom. The third-order valence-corrected chi connectivity index (χ3v) is 8.21. The molecule has 2 aromatic carbocycles. The number of nitrogens with one attached hydrogen (secondary N) is 1. The fourth-order valence-corrected chi connectivity index (χ4v) is 5.61. The second-order valence-electron chi connectivity index (χ2n) is 9.15. The molecule has 0 unspecified atom stereocenters. The third-order valence-electron chi connectivity index (χ3n) is 6.00. The highest BCUT2D eigenvalue weighted by molar-refractivity contribution is 7.92. The monoisotopic (exact) mass is 564 g/mol. The number of halogens is 2. The first-order valence-corrected chi connectivity index (χ1v) is 14.2. The predicted molar refractivity (Wildman–Crippen MR) is 146 cm³/mol. The summed E-state index contributed by atoms with van der Waals surface area (Å²) in [4.78, 5) is 11.4. The Labute approximate surface area is 228 Å². The van der Waals surface area contributed by atoms with Crippen LogP contribution in [0.25, 0.3) is 0 Å². The lowest BCUT2D eigenvalue weighted by molar-refractivity contribution is 0.259. The van der Waals surface area contributed by atoms with Crippen LogP contribution in [-0.2, 0) is 29.5 Å². The minimum Gasteiger partial charge on any atom is -0.491 e. The number of rotatable bonds is 10. The van der Waals surface area contributed by atoms with Crippen LogP contribution in [-0.4, -0.2) is 50.5 Å². The van der Waals surface area contributed by atoms with Crippen LogP contribution in [0.1, 0.15) is 35.4 Å². The van der Waals surface area contributed by atoms with Crippen LogP contribution in [0.15, 0.2) is 41.3 Å². The molecule has 1 heterocycles.